The van der Waals surface area contributed by atoms with E-state index < -0.39 is 5.60 Å². The summed E-state index contributed by atoms with van der Waals surface area (Å²) in [6, 6.07) is 11.6. The number of hydrogen-bond acceptors (Lipinski definition) is 6. The van der Waals surface area contributed by atoms with Gasteiger partial charge in [-0.15, -0.1) is 35.0 Å². The predicted octanol–water partition coefficient (Wildman–Crippen LogP) is 5.83. The summed E-state index contributed by atoms with van der Waals surface area (Å²) >= 11 is 6.28. The Hall–Kier alpha value is -3.09. The van der Waals surface area contributed by atoms with Crippen molar-refractivity contribution in [2.45, 2.75) is 38.5 Å². The maximum atomic E-state index is 11.1. The number of benzene rings is 2. The van der Waals surface area contributed by atoms with E-state index in [1.54, 1.807) is 12.5 Å². The standard InChI is InChI=1S/C26H26ClN7O.2ClH/c1-18-3-4-19(13-23(18)27)15-30-24-22-14-20(28-2)5-6-21(22)25(32-31-24)34-10-7-26(35,8-11-34)16-33-12-9-29-17-33;;/h3-6,9,12-14,17,35H,7-8,10-11,15-16H2,1H3,(H,30,31);2*1H. The van der Waals surface area contributed by atoms with Gasteiger partial charge in [0.1, 0.15) is 0 Å². The molecule has 0 unspecified atom stereocenters. The molecule has 11 heteroatoms. The highest BCUT2D eigenvalue weighted by Gasteiger charge is 2.33. The average Bonchev–Trinajstić information content (AvgIpc) is 3.37. The van der Waals surface area contributed by atoms with E-state index in [9.17, 15) is 5.11 Å². The summed E-state index contributed by atoms with van der Waals surface area (Å²) in [6.07, 6.45) is 6.55. The molecule has 1 aliphatic rings. The van der Waals surface area contributed by atoms with Crippen molar-refractivity contribution >= 4 is 64.5 Å². The molecule has 0 spiro atoms. The van der Waals surface area contributed by atoms with Gasteiger partial charge in [-0.3, -0.25) is 0 Å². The molecular formula is C26H28Cl3N7O. The maximum Gasteiger partial charge on any atom is 0.188 e. The predicted molar refractivity (Wildman–Crippen MR) is 152 cm³/mol. The van der Waals surface area contributed by atoms with Crippen molar-refractivity contribution in [3.63, 3.8) is 0 Å². The van der Waals surface area contributed by atoms with E-state index in [4.69, 9.17) is 18.2 Å². The van der Waals surface area contributed by atoms with Crippen LogP contribution in [-0.2, 0) is 13.1 Å². The Morgan fingerprint density at radius 3 is 2.57 bits per heavy atom. The molecule has 3 heterocycles. The summed E-state index contributed by atoms with van der Waals surface area (Å²) in [5.74, 6) is 1.39. The van der Waals surface area contributed by atoms with Crippen LogP contribution in [0.2, 0.25) is 5.02 Å². The summed E-state index contributed by atoms with van der Waals surface area (Å²) in [4.78, 5) is 9.84. The number of fused-ring (bicyclic) bond motifs is 1. The lowest BCUT2D eigenvalue weighted by atomic mass is 9.91. The lowest BCUT2D eigenvalue weighted by molar-refractivity contribution is -0.000162. The molecule has 1 aliphatic heterocycles. The fourth-order valence-corrected chi connectivity index (χ4v) is 4.71. The summed E-state index contributed by atoms with van der Waals surface area (Å²) in [5, 5.41) is 26.0. The van der Waals surface area contributed by atoms with Crippen LogP contribution in [0.5, 0.6) is 0 Å². The monoisotopic (exact) mass is 559 g/mol. The van der Waals surface area contributed by atoms with Gasteiger partial charge in [0.25, 0.3) is 0 Å². The first-order chi connectivity index (χ1) is 16.9. The van der Waals surface area contributed by atoms with Gasteiger partial charge in [-0.25, -0.2) is 9.83 Å². The van der Waals surface area contributed by atoms with Crippen molar-refractivity contribution in [3.05, 3.63) is 82.7 Å². The highest BCUT2D eigenvalue weighted by molar-refractivity contribution is 6.31. The molecule has 0 aliphatic carbocycles. The van der Waals surface area contributed by atoms with Gasteiger partial charge in [0, 0.05) is 47.8 Å². The second-order valence-electron chi connectivity index (χ2n) is 9.10. The number of rotatable bonds is 6. The van der Waals surface area contributed by atoms with Crippen molar-refractivity contribution < 1.29 is 5.11 Å². The molecular weight excluding hydrogens is 533 g/mol. The van der Waals surface area contributed by atoms with Crippen molar-refractivity contribution in [3.8, 4) is 0 Å². The van der Waals surface area contributed by atoms with Crippen LogP contribution in [0.1, 0.15) is 24.0 Å². The highest BCUT2D eigenvalue weighted by Crippen LogP contribution is 2.35. The Morgan fingerprint density at radius 2 is 1.89 bits per heavy atom. The number of anilines is 2. The molecule has 5 rings (SSSR count). The van der Waals surface area contributed by atoms with Crippen LogP contribution in [0.15, 0.2) is 55.1 Å². The minimum absolute atomic E-state index is 0. The zero-order valence-corrected chi connectivity index (χ0v) is 22.7. The number of aryl methyl sites for hydroxylation is 1. The molecule has 37 heavy (non-hydrogen) atoms. The van der Waals surface area contributed by atoms with Gasteiger partial charge < -0.3 is 19.9 Å². The highest BCUT2D eigenvalue weighted by atomic mass is 35.5. The summed E-state index contributed by atoms with van der Waals surface area (Å²) < 4.78 is 1.92. The Morgan fingerprint density at radius 1 is 1.11 bits per heavy atom. The fraction of sp³-hybridized carbons (Fsp3) is 0.308. The van der Waals surface area contributed by atoms with E-state index in [-0.39, 0.29) is 24.8 Å². The molecule has 2 N–H and O–H groups in total. The van der Waals surface area contributed by atoms with Crippen LogP contribution in [0.4, 0.5) is 17.3 Å². The Bertz CT molecular complexity index is 1400. The fourth-order valence-electron chi connectivity index (χ4n) is 4.51. The second-order valence-corrected chi connectivity index (χ2v) is 9.50. The SMILES string of the molecule is Cl.Cl.[C-]#[N+]c1ccc2c(N3CCC(O)(Cn4ccnc4)CC3)nnc(NCc3ccc(C)c(Cl)c3)c2c1. The Kier molecular flexibility index (Phi) is 9.21. The second kappa shape index (κ2) is 12.0. The van der Waals surface area contributed by atoms with Crippen LogP contribution >= 0.6 is 36.4 Å². The number of aromatic nitrogens is 4. The van der Waals surface area contributed by atoms with Crippen molar-refractivity contribution in [1.29, 1.82) is 0 Å². The first kappa shape index (κ1) is 28.5. The molecule has 0 radical (unpaired) electrons. The van der Waals surface area contributed by atoms with Crippen molar-refractivity contribution in [1.82, 2.24) is 19.7 Å². The normalized spacial score (nSPS) is 14.4. The third-order valence-corrected chi connectivity index (χ3v) is 7.01. The molecule has 4 aromatic rings. The van der Waals surface area contributed by atoms with E-state index in [1.807, 2.05) is 54.1 Å². The van der Waals surface area contributed by atoms with Crippen LogP contribution in [0, 0.1) is 13.5 Å². The van der Waals surface area contributed by atoms with Crippen molar-refractivity contribution in [2.24, 2.45) is 0 Å². The van der Waals surface area contributed by atoms with Gasteiger partial charge >= 0.3 is 0 Å². The van der Waals surface area contributed by atoms with Gasteiger partial charge in [0.2, 0.25) is 0 Å². The molecule has 0 saturated carbocycles. The van der Waals surface area contributed by atoms with Crippen LogP contribution in [0.3, 0.4) is 0 Å². The van der Waals surface area contributed by atoms with Crippen molar-refractivity contribution in [2.75, 3.05) is 23.3 Å². The number of piperidine rings is 1. The van der Waals surface area contributed by atoms with Gasteiger partial charge in [-0.1, -0.05) is 35.9 Å². The molecule has 194 valence electrons. The molecule has 2 aromatic carbocycles. The minimum atomic E-state index is -0.783. The van der Waals surface area contributed by atoms with E-state index in [0.717, 1.165) is 32.7 Å². The molecule has 1 fully saturated rings. The number of nitrogens with zero attached hydrogens (tertiary/aromatic N) is 6. The zero-order chi connectivity index (χ0) is 24.4. The van der Waals surface area contributed by atoms with Crippen LogP contribution < -0.4 is 10.2 Å². The average molecular weight is 561 g/mol. The third kappa shape index (κ3) is 6.25. The first-order valence-electron chi connectivity index (χ1n) is 11.5. The summed E-state index contributed by atoms with van der Waals surface area (Å²) in [6.45, 7) is 11.8. The number of nitrogens with one attached hydrogen (secondary N) is 1. The summed E-state index contributed by atoms with van der Waals surface area (Å²) in [7, 11) is 0. The zero-order valence-electron chi connectivity index (χ0n) is 20.3. The Labute approximate surface area is 233 Å². The lowest BCUT2D eigenvalue weighted by Crippen LogP contribution is -2.47. The molecule has 1 saturated heterocycles. The van der Waals surface area contributed by atoms with E-state index in [1.165, 1.54) is 0 Å². The van der Waals surface area contributed by atoms with E-state index in [0.29, 0.717) is 50.5 Å². The van der Waals surface area contributed by atoms with Gasteiger partial charge in [0.15, 0.2) is 17.3 Å². The van der Waals surface area contributed by atoms with E-state index >= 15 is 0 Å². The molecule has 0 bridgehead atoms. The van der Waals surface area contributed by atoms with Gasteiger partial charge in [-0.2, -0.15) is 0 Å². The van der Waals surface area contributed by atoms with Gasteiger partial charge in [-0.05, 0) is 43.0 Å². The number of imidazole rings is 1. The smallest absolute Gasteiger partial charge is 0.188 e. The largest absolute Gasteiger partial charge is 0.388 e. The van der Waals surface area contributed by atoms with Crippen LogP contribution in [-0.4, -0.2) is 43.5 Å². The number of aliphatic hydroxyl groups is 1. The van der Waals surface area contributed by atoms with E-state index in [2.05, 4.69) is 30.2 Å². The number of hydrogen-bond donors (Lipinski definition) is 2. The van der Waals surface area contributed by atoms with Crippen LogP contribution in [0.25, 0.3) is 15.6 Å². The minimum Gasteiger partial charge on any atom is -0.388 e. The summed E-state index contributed by atoms with van der Waals surface area (Å²) in [5.41, 5.74) is 1.83. The maximum absolute atomic E-state index is 11.1. The third-order valence-electron chi connectivity index (χ3n) is 6.60. The topological polar surface area (TPSA) is 83.5 Å². The van der Waals surface area contributed by atoms with Gasteiger partial charge in [0.05, 0.1) is 25.0 Å². The molecule has 0 atom stereocenters. The quantitative estimate of drug-likeness (QED) is 0.289. The number of halogens is 3. The molecule has 2 aromatic heterocycles. The molecule has 0 amide bonds. The first-order valence-corrected chi connectivity index (χ1v) is 11.9. The Balaban J connectivity index is 0.00000190. The lowest BCUT2D eigenvalue weighted by Gasteiger charge is -2.39. The molecule has 8 nitrogen and oxygen atoms in total.